The van der Waals surface area contributed by atoms with Gasteiger partial charge >= 0.3 is 0 Å². The number of carbonyl (C=O) groups excluding carboxylic acids is 3. The van der Waals surface area contributed by atoms with Crippen molar-refractivity contribution in [1.82, 2.24) is 10.2 Å². The first-order chi connectivity index (χ1) is 14.3. The molecule has 1 saturated carbocycles. The lowest BCUT2D eigenvalue weighted by molar-refractivity contribution is -0.139. The highest BCUT2D eigenvalue weighted by Crippen LogP contribution is 2.28. The molecule has 1 saturated heterocycles. The molecule has 3 amide bonds. The van der Waals surface area contributed by atoms with Crippen molar-refractivity contribution >= 4 is 17.7 Å². The van der Waals surface area contributed by atoms with Crippen LogP contribution in [0.15, 0.2) is 12.7 Å². The molecule has 1 aliphatic heterocycles. The van der Waals surface area contributed by atoms with Crippen LogP contribution in [0.5, 0.6) is 0 Å². The lowest BCUT2D eigenvalue weighted by Gasteiger charge is -2.29. The minimum atomic E-state index is -0.593. The third-order valence-corrected chi connectivity index (χ3v) is 6.71. The summed E-state index contributed by atoms with van der Waals surface area (Å²) in [6.45, 7) is 9.30. The highest BCUT2D eigenvalue weighted by molar-refractivity contribution is 5.91. The van der Waals surface area contributed by atoms with Gasteiger partial charge in [-0.05, 0) is 50.4 Å². The molecule has 0 spiro atoms. The molecule has 6 heteroatoms. The van der Waals surface area contributed by atoms with Gasteiger partial charge in [0, 0.05) is 13.1 Å². The molecule has 2 rings (SSSR count). The van der Waals surface area contributed by atoms with Crippen molar-refractivity contribution in [2.75, 3.05) is 13.1 Å². The van der Waals surface area contributed by atoms with E-state index in [1.165, 1.54) is 25.7 Å². The molecule has 1 aliphatic carbocycles. The smallest absolute Gasteiger partial charge is 0.245 e. The van der Waals surface area contributed by atoms with Gasteiger partial charge in [0.1, 0.15) is 6.04 Å². The fourth-order valence-electron chi connectivity index (χ4n) is 5.00. The van der Waals surface area contributed by atoms with E-state index < -0.39 is 23.8 Å². The minimum absolute atomic E-state index is 0.0292. The van der Waals surface area contributed by atoms with Gasteiger partial charge in [-0.15, -0.1) is 6.58 Å². The Kier molecular flexibility index (Phi) is 9.86. The maximum absolute atomic E-state index is 13.2. The van der Waals surface area contributed by atoms with Gasteiger partial charge in [-0.1, -0.05) is 45.6 Å². The monoisotopic (exact) mass is 419 g/mol. The van der Waals surface area contributed by atoms with Crippen LogP contribution in [0, 0.1) is 23.7 Å². The van der Waals surface area contributed by atoms with E-state index in [4.69, 9.17) is 5.73 Å². The summed E-state index contributed by atoms with van der Waals surface area (Å²) in [6, 6.07) is -0.504. The third-order valence-electron chi connectivity index (χ3n) is 6.71. The third kappa shape index (κ3) is 7.13. The summed E-state index contributed by atoms with van der Waals surface area (Å²) in [5, 5.41) is 2.99. The Balaban J connectivity index is 2.04. The van der Waals surface area contributed by atoms with Gasteiger partial charge in [-0.3, -0.25) is 14.4 Å². The summed E-state index contributed by atoms with van der Waals surface area (Å²) in [6.07, 6.45) is 11.3. The predicted octanol–water partition coefficient (Wildman–Crippen LogP) is 3.40. The topological polar surface area (TPSA) is 92.5 Å². The molecule has 30 heavy (non-hydrogen) atoms. The van der Waals surface area contributed by atoms with Crippen LogP contribution in [0.25, 0.3) is 0 Å². The molecule has 0 bridgehead atoms. The van der Waals surface area contributed by atoms with E-state index in [0.29, 0.717) is 19.3 Å². The number of nitrogens with zero attached hydrogens (tertiary/aromatic N) is 1. The molecule has 6 nitrogen and oxygen atoms in total. The van der Waals surface area contributed by atoms with E-state index in [1.807, 2.05) is 18.7 Å². The van der Waals surface area contributed by atoms with Crippen molar-refractivity contribution in [1.29, 1.82) is 0 Å². The Morgan fingerprint density at radius 1 is 1.17 bits per heavy atom. The molecule has 3 N–H and O–H groups in total. The van der Waals surface area contributed by atoms with Crippen LogP contribution in [0.1, 0.15) is 78.1 Å². The van der Waals surface area contributed by atoms with Crippen molar-refractivity contribution in [3.05, 3.63) is 12.7 Å². The molecule has 2 aliphatic rings. The largest absolute Gasteiger partial charge is 0.369 e. The summed E-state index contributed by atoms with van der Waals surface area (Å²) in [7, 11) is 0. The van der Waals surface area contributed by atoms with Gasteiger partial charge in [0.05, 0.1) is 11.8 Å². The molecule has 2 fully saturated rings. The lowest BCUT2D eigenvalue weighted by atomic mass is 9.82. The van der Waals surface area contributed by atoms with Crippen LogP contribution < -0.4 is 11.1 Å². The van der Waals surface area contributed by atoms with Crippen molar-refractivity contribution in [2.24, 2.45) is 29.4 Å². The molecule has 0 radical (unpaired) electrons. The normalized spacial score (nSPS) is 22.6. The maximum atomic E-state index is 13.2. The Bertz CT molecular complexity index is 599. The van der Waals surface area contributed by atoms with Crippen LogP contribution in [-0.4, -0.2) is 41.8 Å². The second-order valence-corrected chi connectivity index (χ2v) is 9.59. The van der Waals surface area contributed by atoms with E-state index >= 15 is 0 Å². The fraction of sp³-hybridized carbons (Fsp3) is 0.792. The van der Waals surface area contributed by atoms with Crippen molar-refractivity contribution in [3.63, 3.8) is 0 Å². The zero-order valence-electron chi connectivity index (χ0n) is 18.9. The lowest BCUT2D eigenvalue weighted by Crippen LogP contribution is -2.51. The molecule has 1 heterocycles. The molecule has 0 aromatic carbocycles. The van der Waals surface area contributed by atoms with E-state index in [2.05, 4.69) is 11.9 Å². The first-order valence-electron chi connectivity index (χ1n) is 11.8. The van der Waals surface area contributed by atoms with Crippen molar-refractivity contribution in [2.45, 2.75) is 84.1 Å². The molecule has 0 aromatic heterocycles. The molecular weight excluding hydrogens is 378 g/mol. The van der Waals surface area contributed by atoms with Crippen LogP contribution in [0.2, 0.25) is 0 Å². The van der Waals surface area contributed by atoms with Crippen LogP contribution in [0.4, 0.5) is 0 Å². The number of primary amides is 1. The Hall–Kier alpha value is -1.85. The van der Waals surface area contributed by atoms with Crippen LogP contribution in [0.3, 0.4) is 0 Å². The van der Waals surface area contributed by atoms with Crippen molar-refractivity contribution in [3.8, 4) is 0 Å². The summed E-state index contributed by atoms with van der Waals surface area (Å²) in [5.41, 5.74) is 5.60. The average molecular weight is 420 g/mol. The van der Waals surface area contributed by atoms with Gasteiger partial charge in [-0.2, -0.15) is 0 Å². The van der Waals surface area contributed by atoms with Gasteiger partial charge in [0.25, 0.3) is 0 Å². The van der Waals surface area contributed by atoms with Gasteiger partial charge in [-0.25, -0.2) is 0 Å². The second-order valence-electron chi connectivity index (χ2n) is 9.59. The Morgan fingerprint density at radius 2 is 1.83 bits per heavy atom. The van der Waals surface area contributed by atoms with Crippen molar-refractivity contribution < 1.29 is 14.4 Å². The van der Waals surface area contributed by atoms with E-state index in [0.717, 1.165) is 38.3 Å². The maximum Gasteiger partial charge on any atom is 0.245 e. The number of amides is 3. The number of nitrogens with one attached hydrogen (secondary N) is 1. The second kappa shape index (κ2) is 12.1. The van der Waals surface area contributed by atoms with E-state index in [1.54, 1.807) is 6.08 Å². The Morgan fingerprint density at radius 3 is 2.43 bits per heavy atom. The fourth-order valence-corrected chi connectivity index (χ4v) is 5.00. The molecule has 3 atom stereocenters. The number of nitrogens with two attached hydrogens (primary N) is 1. The number of hydrogen-bond donors (Lipinski definition) is 2. The average Bonchev–Trinajstić information content (AvgIpc) is 3.15. The molecular formula is C24H41N3O3. The standard InChI is InChI=1S/C24H41N3O3/c1-4-9-19(22(25)28)20(16-17(2)3)23(29)26-21-12-7-8-14-27(24(21)30)15-13-18-10-5-6-11-18/h4,17-21H,1,5-16H2,2-3H3,(H2,25,28)(H,26,29)/t19?,20?,21-/m0/s1. The highest BCUT2D eigenvalue weighted by atomic mass is 16.2. The summed E-state index contributed by atoms with van der Waals surface area (Å²) >= 11 is 0. The zero-order valence-corrected chi connectivity index (χ0v) is 18.9. The number of allylic oxidation sites excluding steroid dienone is 1. The molecule has 170 valence electrons. The first-order valence-corrected chi connectivity index (χ1v) is 11.8. The number of rotatable bonds is 11. The number of carbonyl (C=O) groups is 3. The first kappa shape index (κ1) is 24.4. The SMILES string of the molecule is C=CCC(C(N)=O)C(CC(C)C)C(=O)N[C@H]1CCCCN(CCC2CCCC2)C1=O. The van der Waals surface area contributed by atoms with Gasteiger partial charge < -0.3 is 16.0 Å². The van der Waals surface area contributed by atoms with E-state index in [9.17, 15) is 14.4 Å². The van der Waals surface area contributed by atoms with E-state index in [-0.39, 0.29) is 17.7 Å². The predicted molar refractivity (Wildman–Crippen MR) is 119 cm³/mol. The Labute approximate surface area is 182 Å². The summed E-state index contributed by atoms with van der Waals surface area (Å²) in [5.74, 6) is -0.847. The van der Waals surface area contributed by atoms with Crippen LogP contribution in [-0.2, 0) is 14.4 Å². The number of likely N-dealkylation sites (tertiary alicyclic amines) is 1. The minimum Gasteiger partial charge on any atom is -0.369 e. The highest BCUT2D eigenvalue weighted by Gasteiger charge is 2.35. The molecule has 0 aromatic rings. The summed E-state index contributed by atoms with van der Waals surface area (Å²) in [4.78, 5) is 40.3. The van der Waals surface area contributed by atoms with Gasteiger partial charge in [0.2, 0.25) is 17.7 Å². The zero-order chi connectivity index (χ0) is 22.1. The number of hydrogen-bond acceptors (Lipinski definition) is 3. The quantitative estimate of drug-likeness (QED) is 0.503. The van der Waals surface area contributed by atoms with Gasteiger partial charge in [0.15, 0.2) is 0 Å². The summed E-state index contributed by atoms with van der Waals surface area (Å²) < 4.78 is 0. The molecule has 2 unspecified atom stereocenters. The van der Waals surface area contributed by atoms with Crippen LogP contribution >= 0.6 is 0 Å².